The van der Waals surface area contributed by atoms with Gasteiger partial charge >= 0.3 is 0 Å². The van der Waals surface area contributed by atoms with E-state index in [0.717, 1.165) is 17.1 Å². The molecule has 0 bridgehead atoms. The molecule has 0 aromatic heterocycles. The molecule has 22 heavy (non-hydrogen) atoms. The second-order valence-corrected chi connectivity index (χ2v) is 5.07. The first-order valence-electron chi connectivity index (χ1n) is 7.17. The van der Waals surface area contributed by atoms with Crippen LogP contribution in [-0.2, 0) is 0 Å². The Morgan fingerprint density at radius 2 is 1.18 bits per heavy atom. The zero-order chi connectivity index (χ0) is 15.4. The van der Waals surface area contributed by atoms with Crippen molar-refractivity contribution in [2.45, 2.75) is 6.92 Å². The highest BCUT2D eigenvalue weighted by atomic mass is 16.5. The van der Waals surface area contributed by atoms with Crippen molar-refractivity contribution in [3.05, 3.63) is 84.4 Å². The lowest BCUT2D eigenvalue weighted by atomic mass is 10.1. The number of carbonyl (C=O) groups excluding carboxylic acids is 1. The van der Waals surface area contributed by atoms with E-state index < -0.39 is 0 Å². The topological polar surface area (TPSA) is 26.3 Å². The summed E-state index contributed by atoms with van der Waals surface area (Å²) in [6, 6.07) is 25.3. The van der Waals surface area contributed by atoms with Crippen molar-refractivity contribution >= 4 is 5.78 Å². The van der Waals surface area contributed by atoms with E-state index in [1.807, 2.05) is 54.6 Å². The van der Waals surface area contributed by atoms with E-state index in [-0.39, 0.29) is 5.78 Å². The maximum Gasteiger partial charge on any atom is 0.159 e. The van der Waals surface area contributed by atoms with E-state index >= 15 is 0 Å². The fraction of sp³-hybridized carbons (Fsp3) is 0.0500. The van der Waals surface area contributed by atoms with Crippen LogP contribution in [0.1, 0.15) is 17.3 Å². The number of ketones is 1. The van der Waals surface area contributed by atoms with Gasteiger partial charge in [-0.3, -0.25) is 4.79 Å². The normalized spacial score (nSPS) is 10.2. The number of benzene rings is 3. The molecule has 2 nitrogen and oxygen atoms in total. The van der Waals surface area contributed by atoms with Gasteiger partial charge in [-0.15, -0.1) is 0 Å². The van der Waals surface area contributed by atoms with E-state index in [9.17, 15) is 4.79 Å². The monoisotopic (exact) mass is 288 g/mol. The van der Waals surface area contributed by atoms with Gasteiger partial charge in [0.2, 0.25) is 0 Å². The number of carbonyl (C=O) groups is 1. The minimum Gasteiger partial charge on any atom is -0.457 e. The van der Waals surface area contributed by atoms with E-state index in [1.54, 1.807) is 19.1 Å². The summed E-state index contributed by atoms with van der Waals surface area (Å²) in [4.78, 5) is 11.2. The van der Waals surface area contributed by atoms with Gasteiger partial charge in [0.05, 0.1) is 0 Å². The zero-order valence-electron chi connectivity index (χ0n) is 12.3. The molecule has 0 aliphatic rings. The second kappa shape index (κ2) is 6.27. The predicted molar refractivity (Wildman–Crippen MR) is 88.4 cm³/mol. The largest absolute Gasteiger partial charge is 0.457 e. The number of rotatable bonds is 4. The Balaban J connectivity index is 1.75. The van der Waals surface area contributed by atoms with Crippen LogP contribution in [0.15, 0.2) is 78.9 Å². The molecule has 3 rings (SSSR count). The Morgan fingerprint density at radius 1 is 0.682 bits per heavy atom. The van der Waals surface area contributed by atoms with Crippen molar-refractivity contribution in [1.29, 1.82) is 0 Å². The lowest BCUT2D eigenvalue weighted by Gasteiger charge is -2.07. The van der Waals surface area contributed by atoms with Crippen LogP contribution in [0.25, 0.3) is 11.1 Å². The van der Waals surface area contributed by atoms with Gasteiger partial charge in [0.1, 0.15) is 11.5 Å². The summed E-state index contributed by atoms with van der Waals surface area (Å²) in [7, 11) is 0. The molecule has 0 aliphatic heterocycles. The third-order valence-electron chi connectivity index (χ3n) is 3.46. The van der Waals surface area contributed by atoms with Gasteiger partial charge < -0.3 is 4.74 Å². The fourth-order valence-corrected chi connectivity index (χ4v) is 2.24. The molecule has 0 saturated heterocycles. The fourth-order valence-electron chi connectivity index (χ4n) is 2.24. The lowest BCUT2D eigenvalue weighted by Crippen LogP contribution is -1.91. The van der Waals surface area contributed by atoms with Gasteiger partial charge in [-0.2, -0.15) is 0 Å². The highest BCUT2D eigenvalue weighted by Gasteiger charge is 2.02. The molecule has 2 heteroatoms. The standard InChI is InChI=1S/C20H16O2/c1-15(21)16-7-11-19(12-8-16)22-20-13-9-18(10-14-20)17-5-3-2-4-6-17/h2-14H,1H3. The summed E-state index contributed by atoms with van der Waals surface area (Å²) in [5.41, 5.74) is 3.02. The van der Waals surface area contributed by atoms with Gasteiger partial charge in [0.25, 0.3) is 0 Å². The summed E-state index contributed by atoms with van der Waals surface area (Å²) >= 11 is 0. The first kappa shape index (κ1) is 14.1. The van der Waals surface area contributed by atoms with Crippen LogP contribution in [0.5, 0.6) is 11.5 Å². The first-order valence-corrected chi connectivity index (χ1v) is 7.17. The molecule has 0 heterocycles. The molecule has 0 aliphatic carbocycles. The third-order valence-corrected chi connectivity index (χ3v) is 3.46. The molecule has 108 valence electrons. The van der Waals surface area contributed by atoms with Crippen molar-refractivity contribution in [2.75, 3.05) is 0 Å². The van der Waals surface area contributed by atoms with Crippen LogP contribution in [0, 0.1) is 0 Å². The van der Waals surface area contributed by atoms with Gasteiger partial charge in [-0.05, 0) is 54.4 Å². The summed E-state index contributed by atoms with van der Waals surface area (Å²) in [6.07, 6.45) is 0. The lowest BCUT2D eigenvalue weighted by molar-refractivity contribution is 0.101. The number of ether oxygens (including phenoxy) is 1. The Bertz CT molecular complexity index is 757. The molecule has 0 unspecified atom stereocenters. The number of hydrogen-bond acceptors (Lipinski definition) is 2. The van der Waals surface area contributed by atoms with E-state index in [2.05, 4.69) is 12.1 Å². The first-order chi connectivity index (χ1) is 10.7. The summed E-state index contributed by atoms with van der Waals surface area (Å²) in [5, 5.41) is 0. The van der Waals surface area contributed by atoms with Crippen molar-refractivity contribution < 1.29 is 9.53 Å². The SMILES string of the molecule is CC(=O)c1ccc(Oc2ccc(-c3ccccc3)cc2)cc1. The van der Waals surface area contributed by atoms with Crippen molar-refractivity contribution in [3.63, 3.8) is 0 Å². The molecule has 0 spiro atoms. The Kier molecular flexibility index (Phi) is 4.01. The van der Waals surface area contributed by atoms with Gasteiger partial charge in [-0.25, -0.2) is 0 Å². The van der Waals surface area contributed by atoms with Gasteiger partial charge in [0, 0.05) is 5.56 Å². The number of Topliss-reactive ketones (excluding diaryl/α,β-unsaturated/α-hetero) is 1. The molecule has 3 aromatic carbocycles. The average Bonchev–Trinajstić information content (AvgIpc) is 2.57. The van der Waals surface area contributed by atoms with Gasteiger partial charge in [0.15, 0.2) is 5.78 Å². The van der Waals surface area contributed by atoms with Crippen molar-refractivity contribution in [3.8, 4) is 22.6 Å². The van der Waals surface area contributed by atoms with Crippen LogP contribution in [0.2, 0.25) is 0 Å². The van der Waals surface area contributed by atoms with Crippen molar-refractivity contribution in [1.82, 2.24) is 0 Å². The average molecular weight is 288 g/mol. The Hall–Kier alpha value is -2.87. The molecule has 0 atom stereocenters. The van der Waals surface area contributed by atoms with Gasteiger partial charge in [-0.1, -0.05) is 42.5 Å². The molecule has 3 aromatic rings. The van der Waals surface area contributed by atoms with Crippen LogP contribution in [0.4, 0.5) is 0 Å². The van der Waals surface area contributed by atoms with Crippen LogP contribution in [-0.4, -0.2) is 5.78 Å². The number of hydrogen-bond donors (Lipinski definition) is 0. The minimum absolute atomic E-state index is 0.0544. The summed E-state index contributed by atoms with van der Waals surface area (Å²) < 4.78 is 5.79. The van der Waals surface area contributed by atoms with Crippen LogP contribution < -0.4 is 4.74 Å². The summed E-state index contributed by atoms with van der Waals surface area (Å²) in [6.45, 7) is 1.55. The smallest absolute Gasteiger partial charge is 0.159 e. The molecule has 0 radical (unpaired) electrons. The molecular weight excluding hydrogens is 272 g/mol. The molecule has 0 saturated carbocycles. The predicted octanol–water partition coefficient (Wildman–Crippen LogP) is 5.35. The molecule has 0 fully saturated rings. The van der Waals surface area contributed by atoms with Crippen LogP contribution >= 0.6 is 0 Å². The van der Waals surface area contributed by atoms with Crippen LogP contribution in [0.3, 0.4) is 0 Å². The molecular formula is C20H16O2. The minimum atomic E-state index is 0.0544. The second-order valence-electron chi connectivity index (χ2n) is 5.07. The highest BCUT2D eigenvalue weighted by molar-refractivity contribution is 5.94. The molecule has 0 N–H and O–H groups in total. The maximum atomic E-state index is 11.2. The van der Waals surface area contributed by atoms with E-state index in [4.69, 9.17) is 4.74 Å². The van der Waals surface area contributed by atoms with E-state index in [0.29, 0.717) is 5.56 Å². The highest BCUT2D eigenvalue weighted by Crippen LogP contribution is 2.25. The Labute approximate surface area is 130 Å². The van der Waals surface area contributed by atoms with E-state index in [1.165, 1.54) is 5.56 Å². The third kappa shape index (κ3) is 3.23. The summed E-state index contributed by atoms with van der Waals surface area (Å²) in [5.74, 6) is 1.55. The maximum absolute atomic E-state index is 11.2. The Morgan fingerprint density at radius 3 is 1.73 bits per heavy atom. The zero-order valence-corrected chi connectivity index (χ0v) is 12.3. The molecule has 0 amide bonds. The van der Waals surface area contributed by atoms with Crippen molar-refractivity contribution in [2.24, 2.45) is 0 Å². The quantitative estimate of drug-likeness (QED) is 0.605.